The monoisotopic (exact) mass is 337 g/mol. The maximum absolute atomic E-state index is 5.78. The van der Waals surface area contributed by atoms with Gasteiger partial charge in [-0.1, -0.05) is 0 Å². The highest BCUT2D eigenvalue weighted by molar-refractivity contribution is 9.10. The van der Waals surface area contributed by atoms with Gasteiger partial charge in [-0.15, -0.1) is 0 Å². The Labute approximate surface area is 126 Å². The zero-order valence-corrected chi connectivity index (χ0v) is 13.2. The largest absolute Gasteiger partial charge is 0.497 e. The first-order chi connectivity index (χ1) is 9.62. The molecule has 0 amide bonds. The molecule has 0 atom stereocenters. The highest BCUT2D eigenvalue weighted by atomic mass is 79.9. The fourth-order valence-corrected chi connectivity index (χ4v) is 2.07. The minimum absolute atomic E-state index is 0.499. The summed E-state index contributed by atoms with van der Waals surface area (Å²) in [5.74, 6) is 2.49. The van der Waals surface area contributed by atoms with E-state index in [1.165, 1.54) is 0 Å². The van der Waals surface area contributed by atoms with E-state index < -0.39 is 0 Å². The Balaban J connectivity index is 2.25. The van der Waals surface area contributed by atoms with Crippen LogP contribution < -0.4 is 14.8 Å². The molecule has 0 aliphatic carbocycles. The first-order valence-corrected chi connectivity index (χ1v) is 7.02. The molecule has 6 heteroatoms. The zero-order chi connectivity index (χ0) is 14.5. The minimum Gasteiger partial charge on any atom is -0.497 e. The third kappa shape index (κ3) is 3.60. The molecule has 0 radical (unpaired) electrons. The maximum atomic E-state index is 5.78. The van der Waals surface area contributed by atoms with Gasteiger partial charge < -0.3 is 14.8 Å². The van der Waals surface area contributed by atoms with Crippen LogP contribution in [0.2, 0.25) is 0 Å². The number of aromatic nitrogens is 2. The molecule has 0 saturated heterocycles. The number of halogens is 1. The molecule has 0 saturated carbocycles. The van der Waals surface area contributed by atoms with E-state index in [4.69, 9.17) is 9.47 Å². The SMILES string of the molecule is CCNc1nc(C)cc(Oc2ccc(OC)cc2Br)n1. The molecule has 5 nitrogen and oxygen atoms in total. The molecular weight excluding hydrogens is 322 g/mol. The molecule has 1 heterocycles. The Morgan fingerprint density at radius 1 is 1.25 bits per heavy atom. The highest BCUT2D eigenvalue weighted by Gasteiger charge is 2.07. The number of aryl methyl sites for hydroxylation is 1. The van der Waals surface area contributed by atoms with Crippen LogP contribution in [0.3, 0.4) is 0 Å². The Morgan fingerprint density at radius 3 is 2.70 bits per heavy atom. The number of anilines is 1. The van der Waals surface area contributed by atoms with Gasteiger partial charge >= 0.3 is 0 Å². The normalized spacial score (nSPS) is 10.2. The number of nitrogens with one attached hydrogen (secondary N) is 1. The smallest absolute Gasteiger partial charge is 0.226 e. The van der Waals surface area contributed by atoms with Gasteiger partial charge in [-0.3, -0.25) is 0 Å². The summed E-state index contributed by atoms with van der Waals surface area (Å²) < 4.78 is 11.7. The van der Waals surface area contributed by atoms with Crippen molar-refractivity contribution >= 4 is 21.9 Å². The predicted octanol–water partition coefficient (Wildman–Crippen LogP) is 3.78. The minimum atomic E-state index is 0.499. The van der Waals surface area contributed by atoms with Crippen molar-refractivity contribution in [2.24, 2.45) is 0 Å². The molecule has 1 N–H and O–H groups in total. The first kappa shape index (κ1) is 14.6. The lowest BCUT2D eigenvalue weighted by molar-refractivity contribution is 0.411. The number of benzene rings is 1. The van der Waals surface area contributed by atoms with E-state index in [0.717, 1.165) is 22.5 Å². The van der Waals surface area contributed by atoms with Crippen molar-refractivity contribution in [1.82, 2.24) is 9.97 Å². The van der Waals surface area contributed by atoms with Crippen LogP contribution in [-0.4, -0.2) is 23.6 Å². The summed E-state index contributed by atoms with van der Waals surface area (Å²) in [6, 6.07) is 7.29. The van der Waals surface area contributed by atoms with E-state index in [-0.39, 0.29) is 0 Å². The van der Waals surface area contributed by atoms with Gasteiger partial charge in [-0.05, 0) is 48.0 Å². The molecule has 0 spiro atoms. The lowest BCUT2D eigenvalue weighted by Crippen LogP contribution is -2.04. The van der Waals surface area contributed by atoms with Crippen molar-refractivity contribution in [3.8, 4) is 17.4 Å². The van der Waals surface area contributed by atoms with Crippen LogP contribution >= 0.6 is 15.9 Å². The van der Waals surface area contributed by atoms with Crippen LogP contribution in [0, 0.1) is 6.92 Å². The van der Waals surface area contributed by atoms with Crippen molar-refractivity contribution in [2.45, 2.75) is 13.8 Å². The molecular formula is C14H16BrN3O2. The summed E-state index contributed by atoms with van der Waals surface area (Å²) in [5.41, 5.74) is 0.843. The van der Waals surface area contributed by atoms with Crippen LogP contribution in [0.25, 0.3) is 0 Å². The second-order valence-corrected chi connectivity index (χ2v) is 4.95. The van der Waals surface area contributed by atoms with E-state index in [0.29, 0.717) is 17.6 Å². The Bertz CT molecular complexity index is 605. The number of hydrogen-bond donors (Lipinski definition) is 1. The molecule has 106 valence electrons. The zero-order valence-electron chi connectivity index (χ0n) is 11.6. The summed E-state index contributed by atoms with van der Waals surface area (Å²) in [7, 11) is 1.62. The number of nitrogens with zero attached hydrogens (tertiary/aromatic N) is 2. The molecule has 1 aromatic heterocycles. The van der Waals surface area contributed by atoms with Crippen molar-refractivity contribution in [2.75, 3.05) is 19.0 Å². The quantitative estimate of drug-likeness (QED) is 0.899. The molecule has 1 aromatic carbocycles. The average Bonchev–Trinajstić information content (AvgIpc) is 2.41. The lowest BCUT2D eigenvalue weighted by atomic mass is 10.3. The lowest BCUT2D eigenvalue weighted by Gasteiger charge is -2.10. The summed E-state index contributed by atoms with van der Waals surface area (Å²) in [4.78, 5) is 8.59. The Hall–Kier alpha value is -1.82. The van der Waals surface area contributed by atoms with E-state index in [1.54, 1.807) is 13.2 Å². The third-order valence-corrected chi connectivity index (χ3v) is 3.14. The van der Waals surface area contributed by atoms with Gasteiger partial charge in [0.2, 0.25) is 11.8 Å². The van der Waals surface area contributed by atoms with Gasteiger partial charge in [-0.25, -0.2) is 4.98 Å². The Kier molecular flexibility index (Phi) is 4.79. The summed E-state index contributed by atoms with van der Waals surface area (Å²) in [5, 5.41) is 3.07. The summed E-state index contributed by atoms with van der Waals surface area (Å²) in [6.07, 6.45) is 0. The topological polar surface area (TPSA) is 56.3 Å². The number of ether oxygens (including phenoxy) is 2. The third-order valence-electron chi connectivity index (χ3n) is 2.52. The number of rotatable bonds is 5. The van der Waals surface area contributed by atoms with Crippen LogP contribution in [0.5, 0.6) is 17.4 Å². The molecule has 0 unspecified atom stereocenters. The van der Waals surface area contributed by atoms with Gasteiger partial charge in [0.05, 0.1) is 11.6 Å². The molecule has 0 aliphatic heterocycles. The molecule has 0 fully saturated rings. The summed E-state index contributed by atoms with van der Waals surface area (Å²) >= 11 is 3.45. The molecule has 2 rings (SSSR count). The van der Waals surface area contributed by atoms with Gasteiger partial charge in [0.1, 0.15) is 11.5 Å². The van der Waals surface area contributed by atoms with E-state index in [1.807, 2.05) is 32.0 Å². The van der Waals surface area contributed by atoms with Crippen LogP contribution in [0.15, 0.2) is 28.7 Å². The van der Waals surface area contributed by atoms with E-state index in [9.17, 15) is 0 Å². The van der Waals surface area contributed by atoms with Crippen molar-refractivity contribution in [1.29, 1.82) is 0 Å². The van der Waals surface area contributed by atoms with Gasteiger partial charge in [0.25, 0.3) is 0 Å². The fraction of sp³-hybridized carbons (Fsp3) is 0.286. The second-order valence-electron chi connectivity index (χ2n) is 4.10. The van der Waals surface area contributed by atoms with Gasteiger partial charge in [0.15, 0.2) is 0 Å². The van der Waals surface area contributed by atoms with Crippen LogP contribution in [0.1, 0.15) is 12.6 Å². The Morgan fingerprint density at radius 2 is 2.05 bits per heavy atom. The number of methoxy groups -OCH3 is 1. The number of hydrogen-bond acceptors (Lipinski definition) is 5. The fourth-order valence-electron chi connectivity index (χ4n) is 1.63. The molecule has 0 aliphatic rings. The van der Waals surface area contributed by atoms with Gasteiger partial charge in [0, 0.05) is 18.3 Å². The van der Waals surface area contributed by atoms with Crippen molar-refractivity contribution < 1.29 is 9.47 Å². The predicted molar refractivity (Wildman–Crippen MR) is 81.7 cm³/mol. The van der Waals surface area contributed by atoms with Crippen molar-refractivity contribution in [3.05, 3.63) is 34.4 Å². The standard InChI is InChI=1S/C14H16BrN3O2/c1-4-16-14-17-9(2)7-13(18-14)20-12-6-5-10(19-3)8-11(12)15/h5-8H,4H2,1-3H3,(H,16,17,18). The maximum Gasteiger partial charge on any atom is 0.226 e. The highest BCUT2D eigenvalue weighted by Crippen LogP contribution is 2.32. The summed E-state index contributed by atoms with van der Waals surface area (Å²) in [6.45, 7) is 4.65. The van der Waals surface area contributed by atoms with Crippen LogP contribution in [-0.2, 0) is 0 Å². The molecule has 20 heavy (non-hydrogen) atoms. The van der Waals surface area contributed by atoms with E-state index >= 15 is 0 Å². The van der Waals surface area contributed by atoms with Crippen LogP contribution in [0.4, 0.5) is 5.95 Å². The molecule has 0 bridgehead atoms. The average molecular weight is 338 g/mol. The van der Waals surface area contributed by atoms with Gasteiger partial charge in [-0.2, -0.15) is 4.98 Å². The first-order valence-electron chi connectivity index (χ1n) is 6.23. The van der Waals surface area contributed by atoms with E-state index in [2.05, 4.69) is 31.2 Å². The molecule has 2 aromatic rings. The van der Waals surface area contributed by atoms with Crippen molar-refractivity contribution in [3.63, 3.8) is 0 Å². The second kappa shape index (κ2) is 6.56.